The second-order valence-electron chi connectivity index (χ2n) is 14.3. The molecule has 12 nitrogen and oxygen atoms in total. The number of benzene rings is 4. The zero-order valence-electron chi connectivity index (χ0n) is 34.5. The van der Waals surface area contributed by atoms with Crippen molar-refractivity contribution in [1.82, 2.24) is 5.32 Å². The third-order valence-corrected chi connectivity index (χ3v) is 10.1. The van der Waals surface area contributed by atoms with Crippen molar-refractivity contribution in [2.45, 2.75) is 84.8 Å². The highest BCUT2D eigenvalue weighted by molar-refractivity contribution is 6.05. The van der Waals surface area contributed by atoms with E-state index in [1.165, 1.54) is 0 Å². The molecule has 0 radical (unpaired) electrons. The van der Waals surface area contributed by atoms with Crippen molar-refractivity contribution in [2.75, 3.05) is 19.8 Å². The van der Waals surface area contributed by atoms with E-state index in [0.29, 0.717) is 11.4 Å². The molecule has 316 valence electrons. The van der Waals surface area contributed by atoms with Crippen LogP contribution in [-0.4, -0.2) is 68.4 Å². The van der Waals surface area contributed by atoms with Crippen LogP contribution in [0.3, 0.4) is 0 Å². The lowest BCUT2D eigenvalue weighted by Gasteiger charge is -2.45. The Bertz CT molecular complexity index is 2020. The minimum Gasteiger partial charge on any atom is -0.463 e. The van der Waals surface area contributed by atoms with Crippen molar-refractivity contribution >= 4 is 17.9 Å². The zero-order valence-corrected chi connectivity index (χ0v) is 34.5. The molecule has 0 aliphatic carbocycles. The van der Waals surface area contributed by atoms with Crippen LogP contribution in [0.15, 0.2) is 144 Å². The molecule has 1 saturated heterocycles. The topological polar surface area (TPSA) is 137 Å². The summed E-state index contributed by atoms with van der Waals surface area (Å²) in [4.78, 5) is 41.9. The van der Waals surface area contributed by atoms with Gasteiger partial charge in [-0.2, -0.15) is 0 Å². The van der Waals surface area contributed by atoms with Crippen LogP contribution >= 0.6 is 0 Å². The van der Waals surface area contributed by atoms with Gasteiger partial charge in [-0.3, -0.25) is 4.79 Å². The predicted molar refractivity (Wildman–Crippen MR) is 221 cm³/mol. The molecule has 2 aliphatic heterocycles. The lowest BCUT2D eigenvalue weighted by atomic mass is 9.85. The van der Waals surface area contributed by atoms with E-state index >= 15 is 0 Å². The lowest BCUT2D eigenvalue weighted by molar-refractivity contribution is -0.321. The maximum absolute atomic E-state index is 14.8. The van der Waals surface area contributed by atoms with Gasteiger partial charge in [-0.25, -0.2) is 9.59 Å². The van der Waals surface area contributed by atoms with Crippen LogP contribution in [0.1, 0.15) is 49.9 Å². The SMILES string of the molecule is CCOC(=O)C1=C(C)NC(C)=C(C(=O)OCC)C1C(=O)OC1O[C@H](COCc2ccccc2)[C@H](OCc2ccccc2)[C@H](OCc2ccccc2)[C@H]1OCc1ccccc1. The van der Waals surface area contributed by atoms with Gasteiger partial charge in [-0.1, -0.05) is 121 Å². The van der Waals surface area contributed by atoms with Gasteiger partial charge in [0.15, 0.2) is 0 Å². The van der Waals surface area contributed by atoms with E-state index in [1.807, 2.05) is 121 Å². The molecule has 2 heterocycles. The maximum atomic E-state index is 14.8. The molecule has 0 spiro atoms. The van der Waals surface area contributed by atoms with Crippen molar-refractivity contribution in [3.63, 3.8) is 0 Å². The van der Waals surface area contributed by atoms with Crippen LogP contribution in [0.4, 0.5) is 0 Å². The van der Waals surface area contributed by atoms with Crippen LogP contribution in [0.2, 0.25) is 0 Å². The van der Waals surface area contributed by atoms with Gasteiger partial charge in [-0.05, 0) is 49.9 Å². The molecular weight excluding hydrogens is 767 g/mol. The molecule has 6 rings (SSSR count). The molecule has 4 aromatic rings. The molecule has 1 unspecified atom stereocenters. The van der Waals surface area contributed by atoms with E-state index in [4.69, 9.17) is 37.9 Å². The lowest BCUT2D eigenvalue weighted by Crippen LogP contribution is -2.62. The Kier molecular flexibility index (Phi) is 16.2. The number of hydrogen-bond donors (Lipinski definition) is 1. The van der Waals surface area contributed by atoms with Crippen molar-refractivity contribution < 1.29 is 52.3 Å². The van der Waals surface area contributed by atoms with Gasteiger partial charge in [0.25, 0.3) is 0 Å². The van der Waals surface area contributed by atoms with Crippen molar-refractivity contribution in [1.29, 1.82) is 0 Å². The number of esters is 3. The molecule has 12 heteroatoms. The standard InChI is InChI=1S/C48H53NO11/c1-5-54-45(50)39-32(3)49-33(4)40(46(51)55-6-2)41(39)47(52)60-48-44(58-30-37-25-17-10-18-26-37)43(57-29-36-23-15-9-16-24-36)42(56-28-35-21-13-8-14-22-35)38(59-48)31-53-27-34-19-11-7-12-20-34/h7-26,38,41-44,48-49H,5-6,27-31H2,1-4H3/t38-,42+,43+,44-,48?/m1/s1. The number of nitrogens with one attached hydrogen (secondary N) is 1. The second-order valence-corrected chi connectivity index (χ2v) is 14.3. The van der Waals surface area contributed by atoms with Crippen molar-refractivity contribution in [3.05, 3.63) is 166 Å². The van der Waals surface area contributed by atoms with Gasteiger partial charge >= 0.3 is 17.9 Å². The van der Waals surface area contributed by atoms with E-state index in [9.17, 15) is 14.4 Å². The highest BCUT2D eigenvalue weighted by atomic mass is 16.7. The number of carbonyl (C=O) groups is 3. The van der Waals surface area contributed by atoms with Crippen LogP contribution in [0.25, 0.3) is 0 Å². The summed E-state index contributed by atoms with van der Waals surface area (Å²) in [5.74, 6) is -4.04. The Labute approximate surface area is 351 Å². The first-order chi connectivity index (χ1) is 29.3. The van der Waals surface area contributed by atoms with Crippen LogP contribution < -0.4 is 5.32 Å². The smallest absolute Gasteiger partial charge is 0.337 e. The number of carbonyl (C=O) groups excluding carboxylic acids is 3. The average Bonchev–Trinajstić information content (AvgIpc) is 3.26. The minimum absolute atomic E-state index is 0.0204. The Morgan fingerprint density at radius 3 is 1.38 bits per heavy atom. The first-order valence-electron chi connectivity index (χ1n) is 20.2. The summed E-state index contributed by atoms with van der Waals surface area (Å²) in [6, 6.07) is 38.7. The van der Waals surface area contributed by atoms with Crippen molar-refractivity contribution in [2.24, 2.45) is 5.92 Å². The largest absolute Gasteiger partial charge is 0.463 e. The predicted octanol–water partition coefficient (Wildman–Crippen LogP) is 7.12. The molecule has 0 saturated carbocycles. The summed E-state index contributed by atoms with van der Waals surface area (Å²) >= 11 is 0. The molecule has 60 heavy (non-hydrogen) atoms. The van der Waals surface area contributed by atoms with Gasteiger partial charge in [0, 0.05) is 11.4 Å². The molecule has 5 atom stereocenters. The fourth-order valence-electron chi connectivity index (χ4n) is 7.21. The van der Waals surface area contributed by atoms with Crippen LogP contribution in [0.5, 0.6) is 0 Å². The van der Waals surface area contributed by atoms with E-state index in [-0.39, 0.29) is 57.4 Å². The minimum atomic E-state index is -1.52. The van der Waals surface area contributed by atoms with Gasteiger partial charge in [-0.15, -0.1) is 0 Å². The normalized spacial score (nSPS) is 20.6. The molecule has 0 amide bonds. The number of ether oxygens (including phenoxy) is 8. The fraction of sp³-hybridized carbons (Fsp3) is 0.354. The molecule has 0 aromatic heterocycles. The van der Waals surface area contributed by atoms with E-state index in [1.54, 1.807) is 27.7 Å². The van der Waals surface area contributed by atoms with Gasteiger partial charge in [0.1, 0.15) is 30.3 Å². The van der Waals surface area contributed by atoms with Crippen LogP contribution in [-0.2, 0) is 78.7 Å². The quantitative estimate of drug-likeness (QED) is 0.0762. The zero-order chi connectivity index (χ0) is 42.3. The van der Waals surface area contributed by atoms with E-state index in [0.717, 1.165) is 22.3 Å². The summed E-state index contributed by atoms with van der Waals surface area (Å²) in [5.41, 5.74) is 4.10. The molecule has 0 bridgehead atoms. The summed E-state index contributed by atoms with van der Waals surface area (Å²) in [6.45, 7) is 7.40. The number of rotatable bonds is 19. The average molecular weight is 820 g/mol. The highest BCUT2D eigenvalue weighted by Crippen LogP contribution is 2.36. The second kappa shape index (κ2) is 22.1. The Hall–Kier alpha value is -5.63. The Morgan fingerprint density at radius 1 is 0.550 bits per heavy atom. The van der Waals surface area contributed by atoms with Gasteiger partial charge in [0.2, 0.25) is 6.29 Å². The maximum Gasteiger partial charge on any atom is 0.337 e. The fourth-order valence-corrected chi connectivity index (χ4v) is 7.21. The third-order valence-electron chi connectivity index (χ3n) is 10.1. The summed E-state index contributed by atoms with van der Waals surface area (Å²) in [5, 5.41) is 3.05. The molecule has 1 fully saturated rings. The molecule has 2 aliphatic rings. The number of hydrogen-bond acceptors (Lipinski definition) is 12. The van der Waals surface area contributed by atoms with Crippen LogP contribution in [0, 0.1) is 5.92 Å². The third kappa shape index (κ3) is 11.6. The number of allylic oxidation sites excluding steroid dienone is 2. The van der Waals surface area contributed by atoms with E-state index < -0.39 is 54.5 Å². The summed E-state index contributed by atoms with van der Waals surface area (Å²) < 4.78 is 50.3. The molecule has 4 aromatic carbocycles. The first kappa shape index (κ1) is 43.9. The van der Waals surface area contributed by atoms with Gasteiger partial charge < -0.3 is 43.2 Å². The van der Waals surface area contributed by atoms with Gasteiger partial charge in [0.05, 0.1) is 57.4 Å². The highest BCUT2D eigenvalue weighted by Gasteiger charge is 2.52. The first-order valence-corrected chi connectivity index (χ1v) is 20.2. The summed E-state index contributed by atoms with van der Waals surface area (Å²) in [7, 11) is 0. The van der Waals surface area contributed by atoms with E-state index in [2.05, 4.69) is 5.32 Å². The van der Waals surface area contributed by atoms with Crippen molar-refractivity contribution in [3.8, 4) is 0 Å². The monoisotopic (exact) mass is 819 g/mol. The number of dihydropyridines is 1. The molecule has 1 N–H and O–H groups in total. The Balaban J connectivity index is 1.41. The molecular formula is C48H53NO11. The Morgan fingerprint density at radius 2 is 0.950 bits per heavy atom. The summed E-state index contributed by atoms with van der Waals surface area (Å²) in [6.07, 6.45) is -5.08.